The van der Waals surface area contributed by atoms with Crippen molar-refractivity contribution in [2.45, 2.75) is 45.8 Å². The number of rotatable bonds is 2. The van der Waals surface area contributed by atoms with E-state index in [4.69, 9.17) is 0 Å². The Morgan fingerprint density at radius 1 is 1.21 bits per heavy atom. The summed E-state index contributed by atoms with van der Waals surface area (Å²) in [7, 11) is 0. The molecule has 1 N–H and O–H groups in total. The van der Waals surface area contributed by atoms with E-state index >= 15 is 0 Å². The smallest absolute Gasteiger partial charge is 0.0807 e. The maximum atomic E-state index is 10.0. The van der Waals surface area contributed by atoms with Gasteiger partial charge >= 0.3 is 0 Å². The molecule has 1 aromatic heterocycles. The number of aromatic nitrogens is 1. The molecule has 0 radical (unpaired) electrons. The Bertz CT molecular complexity index is 597. The summed E-state index contributed by atoms with van der Waals surface area (Å²) >= 11 is 0. The first-order valence-corrected chi connectivity index (χ1v) is 7.06. The second-order valence-corrected chi connectivity index (χ2v) is 5.74. The maximum Gasteiger partial charge on any atom is 0.0807 e. The Labute approximate surface area is 114 Å². The predicted octanol–water partition coefficient (Wildman–Crippen LogP) is 3.52. The van der Waals surface area contributed by atoms with E-state index in [9.17, 15) is 5.11 Å². The van der Waals surface area contributed by atoms with Gasteiger partial charge in [0.25, 0.3) is 0 Å². The highest BCUT2D eigenvalue weighted by molar-refractivity contribution is 5.32. The van der Waals surface area contributed by atoms with Crippen molar-refractivity contribution in [3.63, 3.8) is 0 Å². The molecule has 0 saturated carbocycles. The van der Waals surface area contributed by atoms with Crippen LogP contribution in [0.1, 0.15) is 46.8 Å². The zero-order chi connectivity index (χ0) is 13.4. The minimum absolute atomic E-state index is 0.259. The van der Waals surface area contributed by atoms with Crippen molar-refractivity contribution in [3.05, 3.63) is 58.4 Å². The first-order chi connectivity index (χ1) is 9.13. The first-order valence-electron chi connectivity index (χ1n) is 7.06. The molecule has 0 spiro atoms. The number of nitrogens with zero attached hydrogens (tertiary/aromatic N) is 1. The Morgan fingerprint density at radius 3 is 2.79 bits per heavy atom. The molecule has 19 heavy (non-hydrogen) atoms. The monoisotopic (exact) mass is 255 g/mol. The van der Waals surface area contributed by atoms with Crippen LogP contribution in [0.5, 0.6) is 0 Å². The van der Waals surface area contributed by atoms with Crippen molar-refractivity contribution < 1.29 is 5.11 Å². The summed E-state index contributed by atoms with van der Waals surface area (Å²) < 4.78 is 2.21. The van der Waals surface area contributed by atoms with E-state index in [-0.39, 0.29) is 6.10 Å². The minimum atomic E-state index is -0.259. The lowest BCUT2D eigenvalue weighted by Crippen LogP contribution is -2.05. The molecule has 1 unspecified atom stereocenters. The van der Waals surface area contributed by atoms with Crippen LogP contribution in [0, 0.1) is 13.8 Å². The molecular formula is C17H21NO. The Kier molecular flexibility index (Phi) is 3.19. The molecule has 1 heterocycles. The van der Waals surface area contributed by atoms with Gasteiger partial charge < -0.3 is 9.67 Å². The Balaban J connectivity index is 1.85. The average molecular weight is 255 g/mol. The molecule has 1 atom stereocenters. The van der Waals surface area contributed by atoms with E-state index in [1.807, 2.05) is 0 Å². The van der Waals surface area contributed by atoms with Crippen LogP contribution in [-0.4, -0.2) is 9.67 Å². The molecule has 0 bridgehead atoms. The van der Waals surface area contributed by atoms with Gasteiger partial charge in [-0.1, -0.05) is 18.2 Å². The number of benzene rings is 1. The summed E-state index contributed by atoms with van der Waals surface area (Å²) in [6, 6.07) is 6.63. The molecule has 3 rings (SSSR count). The predicted molar refractivity (Wildman–Crippen MR) is 77.3 cm³/mol. The third-order valence-corrected chi connectivity index (χ3v) is 4.22. The topological polar surface area (TPSA) is 25.2 Å². The summed E-state index contributed by atoms with van der Waals surface area (Å²) in [5.41, 5.74) is 6.46. The van der Waals surface area contributed by atoms with E-state index in [0.29, 0.717) is 0 Å². The second kappa shape index (κ2) is 4.86. The second-order valence-electron chi connectivity index (χ2n) is 5.74. The van der Waals surface area contributed by atoms with Crippen LogP contribution in [-0.2, 0) is 13.0 Å². The van der Waals surface area contributed by atoms with Crippen molar-refractivity contribution in [2.75, 3.05) is 0 Å². The highest BCUT2D eigenvalue weighted by Gasteiger charge is 2.19. The zero-order valence-corrected chi connectivity index (χ0v) is 11.7. The van der Waals surface area contributed by atoms with Crippen molar-refractivity contribution in [3.8, 4) is 0 Å². The van der Waals surface area contributed by atoms with E-state index in [2.05, 4.69) is 49.0 Å². The fourth-order valence-corrected chi connectivity index (χ4v) is 2.93. The molecule has 0 aliphatic heterocycles. The standard InChI is InChI=1S/C17H21NO/c1-12-6-7-14(8-13(12)2)9-18-10-15-4-3-5-17(19)16(15)11-18/h6-8,10-11,17,19H,3-5,9H2,1-2H3. The van der Waals surface area contributed by atoms with Gasteiger partial charge in [-0.3, -0.25) is 0 Å². The van der Waals surface area contributed by atoms with E-state index < -0.39 is 0 Å². The average Bonchev–Trinajstić information content (AvgIpc) is 2.78. The van der Waals surface area contributed by atoms with Crippen LogP contribution in [0.15, 0.2) is 30.6 Å². The van der Waals surface area contributed by atoms with E-state index in [0.717, 1.165) is 31.4 Å². The molecule has 0 saturated heterocycles. The third kappa shape index (κ3) is 2.45. The van der Waals surface area contributed by atoms with Gasteiger partial charge in [-0.15, -0.1) is 0 Å². The van der Waals surface area contributed by atoms with Crippen molar-refractivity contribution in [1.82, 2.24) is 4.57 Å². The van der Waals surface area contributed by atoms with Crippen LogP contribution in [0.4, 0.5) is 0 Å². The normalized spacial score (nSPS) is 18.4. The summed E-state index contributed by atoms with van der Waals surface area (Å²) in [5, 5.41) is 10.0. The van der Waals surface area contributed by atoms with Gasteiger partial charge in [0.2, 0.25) is 0 Å². The highest BCUT2D eigenvalue weighted by atomic mass is 16.3. The van der Waals surface area contributed by atoms with Gasteiger partial charge in [0, 0.05) is 24.5 Å². The molecule has 100 valence electrons. The number of aliphatic hydroxyl groups is 1. The van der Waals surface area contributed by atoms with Crippen molar-refractivity contribution in [2.24, 2.45) is 0 Å². The van der Waals surface area contributed by atoms with Crippen LogP contribution in [0.25, 0.3) is 0 Å². The maximum absolute atomic E-state index is 10.0. The molecular weight excluding hydrogens is 234 g/mol. The Hall–Kier alpha value is -1.54. The van der Waals surface area contributed by atoms with Crippen molar-refractivity contribution >= 4 is 0 Å². The lowest BCUT2D eigenvalue weighted by Gasteiger charge is -2.16. The zero-order valence-electron chi connectivity index (χ0n) is 11.7. The number of aliphatic hydroxyl groups excluding tert-OH is 1. The van der Waals surface area contributed by atoms with Crippen LogP contribution in [0.2, 0.25) is 0 Å². The molecule has 0 fully saturated rings. The van der Waals surface area contributed by atoms with E-state index in [1.54, 1.807) is 0 Å². The summed E-state index contributed by atoms with van der Waals surface area (Å²) in [6.45, 7) is 5.19. The lowest BCUT2D eigenvalue weighted by molar-refractivity contribution is 0.157. The molecule has 1 aliphatic rings. The minimum Gasteiger partial charge on any atom is -0.388 e. The molecule has 0 amide bonds. The van der Waals surface area contributed by atoms with Gasteiger partial charge in [0.05, 0.1) is 6.10 Å². The molecule has 1 aromatic carbocycles. The third-order valence-electron chi connectivity index (χ3n) is 4.22. The fraction of sp³-hybridized carbons (Fsp3) is 0.412. The number of aryl methyl sites for hydroxylation is 3. The van der Waals surface area contributed by atoms with Gasteiger partial charge in [-0.2, -0.15) is 0 Å². The lowest BCUT2D eigenvalue weighted by atomic mass is 9.93. The van der Waals surface area contributed by atoms with Crippen molar-refractivity contribution in [1.29, 1.82) is 0 Å². The van der Waals surface area contributed by atoms with Crippen LogP contribution >= 0.6 is 0 Å². The molecule has 2 aromatic rings. The summed E-state index contributed by atoms with van der Waals surface area (Å²) in [4.78, 5) is 0. The van der Waals surface area contributed by atoms with Gasteiger partial charge in [0.15, 0.2) is 0 Å². The fourth-order valence-electron chi connectivity index (χ4n) is 2.93. The van der Waals surface area contributed by atoms with Crippen LogP contribution < -0.4 is 0 Å². The molecule has 2 nitrogen and oxygen atoms in total. The van der Waals surface area contributed by atoms with Gasteiger partial charge in [-0.05, 0) is 55.4 Å². The first kappa shape index (κ1) is 12.5. The number of hydrogen-bond donors (Lipinski definition) is 1. The molecule has 2 heteroatoms. The van der Waals surface area contributed by atoms with Gasteiger partial charge in [0.1, 0.15) is 0 Å². The van der Waals surface area contributed by atoms with Crippen LogP contribution in [0.3, 0.4) is 0 Å². The quantitative estimate of drug-likeness (QED) is 0.872. The highest BCUT2D eigenvalue weighted by Crippen LogP contribution is 2.30. The number of fused-ring (bicyclic) bond motifs is 1. The SMILES string of the molecule is Cc1ccc(Cn2cc3c(c2)C(O)CCC3)cc1C. The summed E-state index contributed by atoms with van der Waals surface area (Å²) in [6.07, 6.45) is 7.17. The summed E-state index contributed by atoms with van der Waals surface area (Å²) in [5.74, 6) is 0. The largest absolute Gasteiger partial charge is 0.388 e. The number of hydrogen-bond acceptors (Lipinski definition) is 1. The van der Waals surface area contributed by atoms with E-state index in [1.165, 1.54) is 22.3 Å². The Morgan fingerprint density at radius 2 is 2.05 bits per heavy atom. The van der Waals surface area contributed by atoms with Gasteiger partial charge in [-0.25, -0.2) is 0 Å². The molecule has 1 aliphatic carbocycles.